The van der Waals surface area contributed by atoms with Crippen molar-refractivity contribution >= 4 is 35.0 Å². The van der Waals surface area contributed by atoms with Gasteiger partial charge in [0.2, 0.25) is 5.91 Å². The van der Waals surface area contributed by atoms with Crippen molar-refractivity contribution in [1.29, 1.82) is 0 Å². The van der Waals surface area contributed by atoms with E-state index in [9.17, 15) is 19.7 Å². The Morgan fingerprint density at radius 2 is 1.59 bits per heavy atom. The van der Waals surface area contributed by atoms with Crippen LogP contribution in [0.15, 0.2) is 109 Å². The molecule has 7 rings (SSSR count). The van der Waals surface area contributed by atoms with Crippen LogP contribution in [-0.4, -0.2) is 38.4 Å². The summed E-state index contributed by atoms with van der Waals surface area (Å²) in [5.41, 5.74) is 5.42. The van der Waals surface area contributed by atoms with Gasteiger partial charge >= 0.3 is 5.97 Å². The van der Waals surface area contributed by atoms with Crippen LogP contribution in [0.3, 0.4) is 0 Å². The molecule has 224 valence electrons. The Hall–Kier alpha value is -4.63. The van der Waals surface area contributed by atoms with Crippen LogP contribution in [0.2, 0.25) is 0 Å². The molecular formula is C35H33N3O5S. The highest BCUT2D eigenvalue weighted by Gasteiger charge is 2.60. The van der Waals surface area contributed by atoms with Crippen molar-refractivity contribution in [3.05, 3.63) is 142 Å². The van der Waals surface area contributed by atoms with E-state index in [0.29, 0.717) is 24.2 Å². The predicted octanol–water partition coefficient (Wildman–Crippen LogP) is 6.89. The van der Waals surface area contributed by atoms with Crippen LogP contribution < -0.4 is 5.32 Å². The first-order chi connectivity index (χ1) is 21.4. The van der Waals surface area contributed by atoms with Crippen LogP contribution in [0.25, 0.3) is 0 Å². The Balaban J connectivity index is 0.000000158. The molecule has 2 fully saturated rings. The molecule has 0 aromatic heterocycles. The third kappa shape index (κ3) is 5.21. The van der Waals surface area contributed by atoms with E-state index in [0.717, 1.165) is 6.42 Å². The number of nitro benzene ring substituents is 1. The second-order valence-corrected chi connectivity index (χ2v) is 12.6. The third-order valence-electron chi connectivity index (χ3n) is 8.51. The van der Waals surface area contributed by atoms with Crippen molar-refractivity contribution in [3.8, 4) is 0 Å². The number of β-lactam (4-membered cyclic amide) rings is 1. The van der Waals surface area contributed by atoms with E-state index in [4.69, 9.17) is 4.74 Å². The number of nitrogens with zero attached hydrogens (tertiary/aromatic N) is 2. The Kier molecular flexibility index (Phi) is 8.14. The van der Waals surface area contributed by atoms with E-state index in [1.54, 1.807) is 17.0 Å². The summed E-state index contributed by atoms with van der Waals surface area (Å²) in [6, 6.07) is 36.0. The van der Waals surface area contributed by atoms with E-state index in [2.05, 4.69) is 90.2 Å². The molecule has 1 amide bonds. The second kappa shape index (κ2) is 12.2. The Labute approximate surface area is 260 Å². The molecule has 0 saturated carbocycles. The zero-order valence-electron chi connectivity index (χ0n) is 24.3. The molecule has 44 heavy (non-hydrogen) atoms. The monoisotopic (exact) mass is 607 g/mol. The van der Waals surface area contributed by atoms with Crippen molar-refractivity contribution in [1.82, 2.24) is 4.90 Å². The van der Waals surface area contributed by atoms with Crippen molar-refractivity contribution < 1.29 is 19.2 Å². The number of nitro groups is 1. The smallest absolute Gasteiger partial charge is 0.343 e. The van der Waals surface area contributed by atoms with Gasteiger partial charge in [-0.3, -0.25) is 14.9 Å². The van der Waals surface area contributed by atoms with Gasteiger partial charge in [0.05, 0.1) is 4.92 Å². The number of ether oxygens (including phenoxy) is 1. The van der Waals surface area contributed by atoms with Gasteiger partial charge < -0.3 is 15.0 Å². The van der Waals surface area contributed by atoms with Crippen LogP contribution in [0.4, 0.5) is 11.4 Å². The maximum Gasteiger partial charge on any atom is 0.343 e. The number of carbonyl (C=O) groups is 2. The first-order valence-electron chi connectivity index (χ1n) is 14.7. The molecule has 3 heterocycles. The van der Waals surface area contributed by atoms with Gasteiger partial charge in [-0.1, -0.05) is 79.7 Å². The highest BCUT2D eigenvalue weighted by atomic mass is 32.2. The van der Waals surface area contributed by atoms with Gasteiger partial charge in [0.25, 0.3) is 5.69 Å². The quantitative estimate of drug-likeness (QED) is 0.101. The fraction of sp³-hybridized carbons (Fsp3) is 0.257. The minimum Gasteiger partial charge on any atom is -0.458 e. The molecule has 2 saturated heterocycles. The number of non-ortho nitro benzene ring substituents is 1. The van der Waals surface area contributed by atoms with Gasteiger partial charge in [-0.05, 0) is 65.1 Å². The molecule has 0 radical (unpaired) electrons. The molecule has 1 N–H and O–H groups in total. The molecule has 2 bridgehead atoms. The maximum absolute atomic E-state index is 12.7. The molecule has 4 aromatic rings. The van der Waals surface area contributed by atoms with E-state index in [1.807, 2.05) is 6.92 Å². The van der Waals surface area contributed by atoms with E-state index in [1.165, 1.54) is 46.3 Å². The van der Waals surface area contributed by atoms with Gasteiger partial charge in [0, 0.05) is 30.3 Å². The van der Waals surface area contributed by atoms with Gasteiger partial charge in [0.1, 0.15) is 12.1 Å². The topological polar surface area (TPSA) is 102 Å². The van der Waals surface area contributed by atoms with Crippen molar-refractivity contribution in [2.24, 2.45) is 0 Å². The Morgan fingerprint density at radius 3 is 2.16 bits per heavy atom. The molecule has 0 spiro atoms. The lowest BCUT2D eigenvalue weighted by atomic mass is 9.79. The van der Waals surface area contributed by atoms with Crippen molar-refractivity contribution in [2.45, 2.75) is 49.2 Å². The lowest BCUT2D eigenvalue weighted by Crippen LogP contribution is -2.61. The predicted molar refractivity (Wildman–Crippen MR) is 171 cm³/mol. The number of fused-ring (bicyclic) bond motifs is 3. The van der Waals surface area contributed by atoms with Gasteiger partial charge in [-0.2, -0.15) is 0 Å². The third-order valence-corrected chi connectivity index (χ3v) is 9.84. The van der Waals surface area contributed by atoms with Gasteiger partial charge in [-0.15, -0.1) is 11.8 Å². The molecular weight excluding hydrogens is 574 g/mol. The second-order valence-electron chi connectivity index (χ2n) is 11.1. The number of anilines is 1. The molecule has 3 aliphatic heterocycles. The Morgan fingerprint density at radius 1 is 0.955 bits per heavy atom. The zero-order valence-corrected chi connectivity index (χ0v) is 25.2. The zero-order chi connectivity index (χ0) is 30.7. The fourth-order valence-electron chi connectivity index (χ4n) is 6.45. The molecule has 0 aliphatic carbocycles. The average molecular weight is 608 g/mol. The number of benzene rings is 4. The van der Waals surface area contributed by atoms with Crippen molar-refractivity contribution in [3.63, 3.8) is 0 Å². The lowest BCUT2D eigenvalue weighted by Gasteiger charge is -2.44. The van der Waals surface area contributed by atoms with E-state index < -0.39 is 15.8 Å². The van der Waals surface area contributed by atoms with Gasteiger partial charge in [0.15, 0.2) is 4.87 Å². The number of nitrogens with one attached hydrogen (secondary N) is 1. The van der Waals surface area contributed by atoms with Gasteiger partial charge in [-0.25, -0.2) is 4.79 Å². The van der Waals surface area contributed by atoms with Crippen LogP contribution in [-0.2, 0) is 26.5 Å². The standard InChI is InChI=1S/C19H15N.C16H18N2O5S/c1-3-8-15(9-4-1)19(16-10-5-2-6-11-16)17-12-7-13-18(14-17)20-19;1-2-24-16(8-7-13-9-14(19)17(13)16)15(20)23-10-11-3-5-12(6-4-11)18(21)22/h1-14,20H;3-6,13H,2,7-10H2,1H3. The number of thioether (sulfide) groups is 1. The summed E-state index contributed by atoms with van der Waals surface area (Å²) in [4.78, 5) is 35.6. The first-order valence-corrected chi connectivity index (χ1v) is 15.7. The summed E-state index contributed by atoms with van der Waals surface area (Å²) >= 11 is 1.44. The average Bonchev–Trinajstić information content (AvgIpc) is 3.50. The molecule has 2 unspecified atom stereocenters. The summed E-state index contributed by atoms with van der Waals surface area (Å²) in [5, 5.41) is 14.4. The SMILES string of the molecule is CCSC1(C(=O)OCc2ccc([N+](=O)[O-])cc2)CCC2CC(=O)N21.c1ccc(C2(c3ccccc3)Nc3cccc2c3)cc1. The van der Waals surface area contributed by atoms with Crippen LogP contribution in [0, 0.1) is 10.1 Å². The largest absolute Gasteiger partial charge is 0.458 e. The highest BCUT2D eigenvalue weighted by molar-refractivity contribution is 8.01. The molecule has 3 aliphatic rings. The molecule has 9 heteroatoms. The molecule has 8 nitrogen and oxygen atoms in total. The number of hydrogen-bond donors (Lipinski definition) is 1. The normalized spacial score (nSPS) is 20.4. The fourth-order valence-corrected chi connectivity index (χ4v) is 7.75. The van der Waals surface area contributed by atoms with Crippen LogP contribution >= 0.6 is 11.8 Å². The summed E-state index contributed by atoms with van der Waals surface area (Å²) in [6.07, 6.45) is 1.95. The number of hydrogen-bond acceptors (Lipinski definition) is 7. The summed E-state index contributed by atoms with van der Waals surface area (Å²) in [6.45, 7) is 1.99. The molecule has 2 atom stereocenters. The van der Waals surface area contributed by atoms with Crippen molar-refractivity contribution in [2.75, 3.05) is 11.1 Å². The Bertz CT molecular complexity index is 1620. The first kappa shape index (κ1) is 29.4. The number of carbonyl (C=O) groups excluding carboxylic acids is 2. The summed E-state index contributed by atoms with van der Waals surface area (Å²) < 4.78 is 5.45. The van der Waals surface area contributed by atoms with Crippen LogP contribution in [0.1, 0.15) is 48.4 Å². The summed E-state index contributed by atoms with van der Waals surface area (Å²) in [5.74, 6) is 0.317. The number of esters is 1. The van der Waals surface area contributed by atoms with E-state index in [-0.39, 0.29) is 29.8 Å². The minimum absolute atomic E-state index is 0.00531. The number of rotatable bonds is 8. The molecule has 4 aromatic carbocycles. The summed E-state index contributed by atoms with van der Waals surface area (Å²) in [7, 11) is 0. The van der Waals surface area contributed by atoms with Crippen LogP contribution in [0.5, 0.6) is 0 Å². The van der Waals surface area contributed by atoms with E-state index >= 15 is 0 Å². The highest BCUT2D eigenvalue weighted by Crippen LogP contribution is 2.49. The maximum atomic E-state index is 12.7. The lowest BCUT2D eigenvalue weighted by molar-refractivity contribution is -0.384. The number of amides is 1. The minimum atomic E-state index is -0.907.